The molecule has 0 radical (unpaired) electrons. The van der Waals surface area contributed by atoms with Crippen molar-refractivity contribution >= 4 is 39.5 Å². The highest BCUT2D eigenvalue weighted by atomic mass is 31.2. The van der Waals surface area contributed by atoms with E-state index >= 15 is 0 Å². The van der Waals surface area contributed by atoms with E-state index in [2.05, 4.69) is 41.5 Å². The van der Waals surface area contributed by atoms with E-state index in [-0.39, 0.29) is 25.7 Å². The lowest BCUT2D eigenvalue weighted by atomic mass is 10.0. The highest BCUT2D eigenvalue weighted by Crippen LogP contribution is 2.45. The summed E-state index contributed by atoms with van der Waals surface area (Å²) in [5.41, 5.74) is 0. The van der Waals surface area contributed by atoms with Gasteiger partial charge in [0, 0.05) is 25.7 Å². The van der Waals surface area contributed by atoms with Gasteiger partial charge in [-0.1, -0.05) is 427 Å². The minimum absolute atomic E-state index is 0.108. The number of hydrogen-bond acceptors (Lipinski definition) is 15. The van der Waals surface area contributed by atoms with Crippen LogP contribution in [-0.2, 0) is 65.4 Å². The molecule has 0 aliphatic heterocycles. The van der Waals surface area contributed by atoms with Gasteiger partial charge in [-0.3, -0.25) is 37.3 Å². The first-order valence-corrected chi connectivity index (χ1v) is 49.0. The van der Waals surface area contributed by atoms with Crippen LogP contribution in [0, 0.1) is 11.8 Å². The summed E-state index contributed by atoms with van der Waals surface area (Å²) in [6.07, 6.45) is 73.9. The molecule has 0 aliphatic rings. The summed E-state index contributed by atoms with van der Waals surface area (Å²) in [5, 5.41) is 10.7. The van der Waals surface area contributed by atoms with Crippen LogP contribution < -0.4 is 0 Å². The smallest absolute Gasteiger partial charge is 0.462 e. The Bertz CT molecular complexity index is 2060. The van der Waals surface area contributed by atoms with Crippen LogP contribution in [-0.4, -0.2) is 96.7 Å². The first kappa shape index (κ1) is 106. The number of esters is 4. The van der Waals surface area contributed by atoms with Crippen LogP contribution in [0.3, 0.4) is 0 Å². The van der Waals surface area contributed by atoms with Crippen LogP contribution in [0.4, 0.5) is 0 Å². The van der Waals surface area contributed by atoms with Crippen molar-refractivity contribution in [2.45, 2.75) is 496 Å². The number of aliphatic hydroxyl groups excluding tert-OH is 1. The van der Waals surface area contributed by atoms with Gasteiger partial charge in [0.05, 0.1) is 26.4 Å². The molecule has 0 spiro atoms. The topological polar surface area (TPSA) is 237 Å². The number of unbranched alkanes of at least 4 members (excludes halogenated alkanes) is 58. The molecule has 3 N–H and O–H groups in total. The first-order valence-electron chi connectivity index (χ1n) is 46.0. The van der Waals surface area contributed by atoms with Crippen LogP contribution in [0.25, 0.3) is 0 Å². The largest absolute Gasteiger partial charge is 0.472 e. The predicted molar refractivity (Wildman–Crippen MR) is 446 cm³/mol. The van der Waals surface area contributed by atoms with Crippen LogP contribution in [0.15, 0.2) is 0 Å². The van der Waals surface area contributed by atoms with Crippen molar-refractivity contribution in [2.75, 3.05) is 39.6 Å². The maximum atomic E-state index is 13.2. The van der Waals surface area contributed by atoms with Gasteiger partial charge < -0.3 is 33.8 Å². The molecule has 0 saturated carbocycles. The molecule has 642 valence electrons. The molecule has 108 heavy (non-hydrogen) atoms. The molecule has 0 aromatic rings. The Hall–Kier alpha value is -1.94. The van der Waals surface area contributed by atoms with Crippen LogP contribution in [0.5, 0.6) is 0 Å². The van der Waals surface area contributed by atoms with Crippen molar-refractivity contribution in [3.05, 3.63) is 0 Å². The normalized spacial score (nSPS) is 13.8. The fourth-order valence-corrected chi connectivity index (χ4v) is 15.5. The summed E-state index contributed by atoms with van der Waals surface area (Å²) in [7, 11) is -9.93. The fourth-order valence-electron chi connectivity index (χ4n) is 14.0. The van der Waals surface area contributed by atoms with Crippen LogP contribution in [0.2, 0.25) is 0 Å². The Morgan fingerprint density at radius 2 is 0.426 bits per heavy atom. The summed E-state index contributed by atoms with van der Waals surface area (Å²) in [4.78, 5) is 73.3. The fraction of sp³-hybridized carbons (Fsp3) is 0.955. The molecule has 0 aliphatic carbocycles. The molecule has 0 rings (SSSR count). The summed E-state index contributed by atoms with van der Waals surface area (Å²) in [5.74, 6) is -0.602. The highest BCUT2D eigenvalue weighted by Gasteiger charge is 2.31. The number of rotatable bonds is 88. The van der Waals surface area contributed by atoms with Gasteiger partial charge in [0.15, 0.2) is 12.2 Å². The predicted octanol–water partition coefficient (Wildman–Crippen LogP) is 27.4. The van der Waals surface area contributed by atoms with Crippen molar-refractivity contribution in [2.24, 2.45) is 11.8 Å². The number of ether oxygens (including phenoxy) is 4. The van der Waals surface area contributed by atoms with Crippen molar-refractivity contribution in [1.82, 2.24) is 0 Å². The maximum absolute atomic E-state index is 13.2. The van der Waals surface area contributed by atoms with Crippen LogP contribution >= 0.6 is 15.6 Å². The lowest BCUT2D eigenvalue weighted by molar-refractivity contribution is -0.161. The van der Waals surface area contributed by atoms with Crippen molar-refractivity contribution < 1.29 is 80.2 Å². The molecular formula is C89H174O17P2. The second-order valence-electron chi connectivity index (χ2n) is 32.9. The molecule has 0 bridgehead atoms. The minimum Gasteiger partial charge on any atom is -0.462 e. The minimum atomic E-state index is -4.97. The number of aliphatic hydroxyl groups is 1. The summed E-state index contributed by atoms with van der Waals surface area (Å²) < 4.78 is 68.9. The second kappa shape index (κ2) is 80.3. The van der Waals surface area contributed by atoms with Gasteiger partial charge in [-0.05, 0) is 37.5 Å². The number of phosphoric acid groups is 2. The highest BCUT2D eigenvalue weighted by molar-refractivity contribution is 7.47. The van der Waals surface area contributed by atoms with Gasteiger partial charge in [0.25, 0.3) is 0 Å². The maximum Gasteiger partial charge on any atom is 0.472 e. The number of phosphoric ester groups is 2. The van der Waals surface area contributed by atoms with E-state index in [1.165, 1.54) is 289 Å². The van der Waals surface area contributed by atoms with E-state index in [1.54, 1.807) is 0 Å². The van der Waals surface area contributed by atoms with Gasteiger partial charge in [-0.2, -0.15) is 0 Å². The quantitative estimate of drug-likeness (QED) is 0.0222. The Morgan fingerprint density at radius 1 is 0.250 bits per heavy atom. The molecule has 0 amide bonds. The molecular weight excluding hydrogens is 1400 g/mol. The van der Waals surface area contributed by atoms with Gasteiger partial charge in [-0.15, -0.1) is 0 Å². The molecule has 0 aromatic carbocycles. The van der Waals surface area contributed by atoms with Crippen LogP contribution in [0.1, 0.15) is 478 Å². The van der Waals surface area contributed by atoms with E-state index in [4.69, 9.17) is 37.0 Å². The zero-order chi connectivity index (χ0) is 79.2. The lowest BCUT2D eigenvalue weighted by Crippen LogP contribution is -2.30. The first-order chi connectivity index (χ1) is 52.4. The SMILES string of the molecule is CCCCCCCCCCCCCCCCCCCCCC(=O)OC[C@H](COP(=O)(O)OC[C@@H](O)COP(=O)(O)OC[C@@H](COC(=O)CCCCCCCCC(C)C)OC(=O)CCCCCCCCCCCCCCCCCCCCC)OC(=O)CCCCCCCCCCCCCCCCCCCCC(C)C. The monoisotopic (exact) mass is 1580 g/mol. The molecule has 19 heteroatoms. The van der Waals surface area contributed by atoms with E-state index in [1.807, 2.05) is 0 Å². The van der Waals surface area contributed by atoms with Crippen molar-refractivity contribution in [3.8, 4) is 0 Å². The molecule has 17 nitrogen and oxygen atoms in total. The number of carbonyl (C=O) groups excluding carboxylic acids is 4. The third kappa shape index (κ3) is 82.1. The second-order valence-corrected chi connectivity index (χ2v) is 35.8. The molecule has 0 heterocycles. The summed E-state index contributed by atoms with van der Waals surface area (Å²) in [6, 6.07) is 0. The number of carbonyl (C=O) groups is 4. The Kier molecular flexibility index (Phi) is 78.8. The zero-order valence-electron chi connectivity index (χ0n) is 71.2. The van der Waals surface area contributed by atoms with E-state index < -0.39 is 97.5 Å². The molecule has 0 saturated heterocycles. The third-order valence-corrected chi connectivity index (χ3v) is 22.9. The zero-order valence-corrected chi connectivity index (χ0v) is 73.0. The molecule has 0 aromatic heterocycles. The average Bonchev–Trinajstić information content (AvgIpc) is 0.901. The summed E-state index contributed by atoms with van der Waals surface area (Å²) >= 11 is 0. The van der Waals surface area contributed by atoms with E-state index in [0.29, 0.717) is 31.6 Å². The van der Waals surface area contributed by atoms with Gasteiger partial charge in [0.1, 0.15) is 19.3 Å². The standard InChI is InChI=1S/C89H174O17P2/c1-7-9-11-13-15-17-19-21-23-25-27-32-36-40-44-48-52-59-65-71-86(91)99-77-84(105-88(93)73-67-61-54-50-46-42-38-34-30-29-31-35-39-43-47-51-57-63-69-81(3)4)79-103-107(95,96)101-75-83(90)76-102-108(97,98)104-80-85(78-100-87(92)72-66-60-56-55-58-64-70-82(5)6)106-89(94)74-68-62-53-49-45-41-37-33-28-26-24-22-20-18-16-14-12-10-8-2/h81-85,90H,7-80H2,1-6H3,(H,95,96)(H,97,98)/t83-,84-,85-/m1/s1. The molecule has 5 atom stereocenters. The summed E-state index contributed by atoms with van der Waals surface area (Å²) in [6.45, 7) is 9.64. The lowest BCUT2D eigenvalue weighted by Gasteiger charge is -2.21. The van der Waals surface area contributed by atoms with E-state index in [0.717, 1.165) is 102 Å². The Morgan fingerprint density at radius 3 is 0.630 bits per heavy atom. The third-order valence-electron chi connectivity index (χ3n) is 21.0. The van der Waals surface area contributed by atoms with E-state index in [9.17, 15) is 43.2 Å². The van der Waals surface area contributed by atoms with Crippen molar-refractivity contribution in [1.29, 1.82) is 0 Å². The van der Waals surface area contributed by atoms with Gasteiger partial charge >= 0.3 is 39.5 Å². The number of hydrogen-bond donors (Lipinski definition) is 3. The molecule has 0 fully saturated rings. The van der Waals surface area contributed by atoms with Gasteiger partial charge in [0.2, 0.25) is 0 Å². The van der Waals surface area contributed by atoms with Crippen molar-refractivity contribution in [3.63, 3.8) is 0 Å². The average molecular weight is 1580 g/mol. The Labute approximate surface area is 664 Å². The Balaban J connectivity index is 5.20. The van der Waals surface area contributed by atoms with Gasteiger partial charge in [-0.25, -0.2) is 9.13 Å². The molecule has 2 unspecified atom stereocenters.